The van der Waals surface area contributed by atoms with Crippen molar-refractivity contribution < 1.29 is 14.3 Å². The van der Waals surface area contributed by atoms with Gasteiger partial charge in [-0.3, -0.25) is 0 Å². The highest BCUT2D eigenvalue weighted by Gasteiger charge is 2.03. The molecule has 0 atom stereocenters. The first-order chi connectivity index (χ1) is 8.11. The van der Waals surface area contributed by atoms with E-state index in [0.717, 1.165) is 25.0 Å². The summed E-state index contributed by atoms with van der Waals surface area (Å²) in [5.41, 5.74) is 0.404. The molecule has 3 heteroatoms. The van der Waals surface area contributed by atoms with Crippen LogP contribution < -0.4 is 0 Å². The van der Waals surface area contributed by atoms with E-state index in [9.17, 15) is 4.79 Å². The topological polar surface area (TPSA) is 35.5 Å². The minimum absolute atomic E-state index is 0.251. The van der Waals surface area contributed by atoms with Crippen LogP contribution in [0, 0.1) is 0 Å². The number of carbonyl (C=O) groups excluding carboxylic acids is 1. The van der Waals surface area contributed by atoms with E-state index in [0.29, 0.717) is 12.2 Å². The molecule has 0 saturated heterocycles. The second-order valence-corrected chi connectivity index (χ2v) is 3.71. The maximum absolute atomic E-state index is 11.1. The zero-order valence-corrected chi connectivity index (χ0v) is 10.8. The molecule has 0 bridgehead atoms. The Labute approximate surface area is 104 Å². The number of hydrogen-bond donors (Lipinski definition) is 0. The second-order valence-electron chi connectivity index (χ2n) is 3.71. The van der Waals surface area contributed by atoms with Gasteiger partial charge in [0.1, 0.15) is 13.2 Å². The van der Waals surface area contributed by atoms with Gasteiger partial charge in [-0.25, -0.2) is 4.79 Å². The lowest BCUT2D eigenvalue weighted by molar-refractivity contribution is -0.140. The first-order valence-electron chi connectivity index (χ1n) is 5.87. The highest BCUT2D eigenvalue weighted by atomic mass is 16.6. The van der Waals surface area contributed by atoms with Crippen molar-refractivity contribution >= 4 is 5.97 Å². The van der Waals surface area contributed by atoms with Crippen molar-refractivity contribution in [1.29, 1.82) is 0 Å². The molecule has 0 amide bonds. The minimum atomic E-state index is -0.374. The largest absolute Gasteiger partial charge is 0.495 e. The van der Waals surface area contributed by atoms with Crippen LogP contribution in [-0.2, 0) is 14.3 Å². The molecule has 3 nitrogen and oxygen atoms in total. The van der Waals surface area contributed by atoms with E-state index in [4.69, 9.17) is 9.47 Å². The Morgan fingerprint density at radius 2 is 1.94 bits per heavy atom. The lowest BCUT2D eigenvalue weighted by atomic mass is 10.2. The van der Waals surface area contributed by atoms with E-state index in [-0.39, 0.29) is 12.6 Å². The number of esters is 1. The van der Waals surface area contributed by atoms with Gasteiger partial charge in [-0.15, -0.1) is 6.58 Å². The maximum Gasteiger partial charge on any atom is 0.333 e. The summed E-state index contributed by atoms with van der Waals surface area (Å²) in [7, 11) is 0. The summed E-state index contributed by atoms with van der Waals surface area (Å²) in [5, 5.41) is 0. The Hall–Kier alpha value is -1.51. The van der Waals surface area contributed by atoms with Gasteiger partial charge >= 0.3 is 5.97 Å². The predicted molar refractivity (Wildman–Crippen MR) is 69.5 cm³/mol. The van der Waals surface area contributed by atoms with Crippen LogP contribution >= 0.6 is 0 Å². The van der Waals surface area contributed by atoms with Crippen molar-refractivity contribution in [2.45, 2.75) is 33.1 Å². The van der Waals surface area contributed by atoms with E-state index in [2.05, 4.69) is 20.1 Å². The normalized spacial score (nSPS) is 10.8. The van der Waals surface area contributed by atoms with Gasteiger partial charge in [0.15, 0.2) is 0 Å². The smallest absolute Gasteiger partial charge is 0.333 e. The van der Waals surface area contributed by atoms with Crippen LogP contribution in [0.3, 0.4) is 0 Å². The highest BCUT2D eigenvalue weighted by Crippen LogP contribution is 2.08. The summed E-state index contributed by atoms with van der Waals surface area (Å²) >= 11 is 0. The van der Waals surface area contributed by atoms with Gasteiger partial charge in [0.2, 0.25) is 0 Å². The average molecular weight is 238 g/mol. The second kappa shape index (κ2) is 9.70. The first-order valence-corrected chi connectivity index (χ1v) is 5.87. The predicted octanol–water partition coefficient (Wildman–Crippen LogP) is 3.38. The Morgan fingerprint density at radius 1 is 1.29 bits per heavy atom. The third-order valence-corrected chi connectivity index (χ3v) is 1.96. The molecular formula is C14H22O3. The quantitative estimate of drug-likeness (QED) is 0.203. The SMILES string of the molecule is C=CC/C=C(\CCC)OCCOC(=O)C(=C)C. The molecule has 0 unspecified atom stereocenters. The molecule has 0 radical (unpaired) electrons. The fraction of sp³-hybridized carbons (Fsp3) is 0.500. The maximum atomic E-state index is 11.1. The molecule has 0 heterocycles. The van der Waals surface area contributed by atoms with Crippen LogP contribution in [0.1, 0.15) is 33.1 Å². The molecule has 0 aromatic heterocycles. The van der Waals surface area contributed by atoms with Crippen LogP contribution in [0.4, 0.5) is 0 Å². The van der Waals surface area contributed by atoms with Crippen LogP contribution in [-0.4, -0.2) is 19.2 Å². The minimum Gasteiger partial charge on any atom is -0.495 e. The molecule has 0 aliphatic rings. The third kappa shape index (κ3) is 8.31. The molecule has 0 aromatic rings. The van der Waals surface area contributed by atoms with Crippen LogP contribution in [0.25, 0.3) is 0 Å². The molecule has 0 N–H and O–H groups in total. The van der Waals surface area contributed by atoms with Gasteiger partial charge < -0.3 is 9.47 Å². The molecule has 0 aromatic carbocycles. The van der Waals surface area contributed by atoms with Gasteiger partial charge in [-0.2, -0.15) is 0 Å². The lowest BCUT2D eigenvalue weighted by Gasteiger charge is -2.10. The van der Waals surface area contributed by atoms with E-state index in [1.807, 2.05) is 12.2 Å². The molecule has 0 aliphatic heterocycles. The van der Waals surface area contributed by atoms with Gasteiger partial charge in [0.25, 0.3) is 0 Å². The van der Waals surface area contributed by atoms with Gasteiger partial charge in [-0.1, -0.05) is 19.6 Å². The van der Waals surface area contributed by atoms with Gasteiger partial charge in [0, 0.05) is 12.0 Å². The summed E-state index contributed by atoms with van der Waals surface area (Å²) in [6.07, 6.45) is 6.52. The number of rotatable bonds is 9. The Morgan fingerprint density at radius 3 is 2.47 bits per heavy atom. The monoisotopic (exact) mass is 238 g/mol. The Kier molecular flexibility index (Phi) is 8.84. The van der Waals surface area contributed by atoms with Crippen molar-refractivity contribution in [2.75, 3.05) is 13.2 Å². The molecule has 17 heavy (non-hydrogen) atoms. The summed E-state index contributed by atoms with van der Waals surface area (Å²) in [5.74, 6) is 0.555. The first kappa shape index (κ1) is 15.5. The third-order valence-electron chi connectivity index (χ3n) is 1.96. The number of hydrogen-bond acceptors (Lipinski definition) is 3. The fourth-order valence-electron chi connectivity index (χ4n) is 1.12. The van der Waals surface area contributed by atoms with E-state index >= 15 is 0 Å². The van der Waals surface area contributed by atoms with Crippen molar-refractivity contribution in [3.63, 3.8) is 0 Å². The summed E-state index contributed by atoms with van der Waals surface area (Å²) in [6, 6.07) is 0. The Bertz CT molecular complexity index is 290. The Balaban J connectivity index is 3.86. The number of carbonyl (C=O) groups is 1. The standard InChI is InChI=1S/C14H22O3/c1-5-7-9-13(8-6-2)16-10-11-17-14(15)12(3)4/h5,9H,1,3,6-8,10-11H2,2,4H3/b13-9+. The van der Waals surface area contributed by atoms with Crippen molar-refractivity contribution in [2.24, 2.45) is 0 Å². The van der Waals surface area contributed by atoms with Crippen molar-refractivity contribution in [3.8, 4) is 0 Å². The molecule has 0 saturated carbocycles. The van der Waals surface area contributed by atoms with E-state index in [1.165, 1.54) is 0 Å². The zero-order valence-electron chi connectivity index (χ0n) is 10.8. The molecular weight excluding hydrogens is 216 g/mol. The van der Waals surface area contributed by atoms with E-state index < -0.39 is 0 Å². The number of allylic oxidation sites excluding steroid dienone is 3. The zero-order chi connectivity index (χ0) is 13.1. The van der Waals surface area contributed by atoms with Gasteiger partial charge in [-0.05, 0) is 25.8 Å². The van der Waals surface area contributed by atoms with Crippen molar-refractivity contribution in [1.82, 2.24) is 0 Å². The molecule has 0 fully saturated rings. The van der Waals surface area contributed by atoms with E-state index in [1.54, 1.807) is 6.92 Å². The molecule has 0 rings (SSSR count). The average Bonchev–Trinajstić information content (AvgIpc) is 2.30. The number of ether oxygens (including phenoxy) is 2. The summed E-state index contributed by atoms with van der Waals surface area (Å²) in [4.78, 5) is 11.1. The van der Waals surface area contributed by atoms with Crippen LogP contribution in [0.5, 0.6) is 0 Å². The molecule has 0 aliphatic carbocycles. The summed E-state index contributed by atoms with van der Waals surface area (Å²) < 4.78 is 10.4. The molecule has 96 valence electrons. The van der Waals surface area contributed by atoms with Crippen molar-refractivity contribution in [3.05, 3.63) is 36.6 Å². The molecule has 0 spiro atoms. The lowest BCUT2D eigenvalue weighted by Crippen LogP contribution is -2.10. The van der Waals surface area contributed by atoms with Gasteiger partial charge in [0.05, 0.1) is 5.76 Å². The van der Waals surface area contributed by atoms with Crippen LogP contribution in [0.15, 0.2) is 36.6 Å². The fourth-order valence-corrected chi connectivity index (χ4v) is 1.12. The summed E-state index contributed by atoms with van der Waals surface area (Å²) in [6.45, 7) is 11.5. The van der Waals surface area contributed by atoms with Crippen LogP contribution in [0.2, 0.25) is 0 Å². The highest BCUT2D eigenvalue weighted by molar-refractivity contribution is 5.86.